The van der Waals surface area contributed by atoms with Crippen LogP contribution in [0.25, 0.3) is 0 Å². The number of carbonyl (C=O) groups excluding carboxylic acids is 1. The molecule has 1 aliphatic heterocycles. The Morgan fingerprint density at radius 2 is 1.76 bits per heavy atom. The quantitative estimate of drug-likeness (QED) is 0.810. The molecule has 0 aliphatic carbocycles. The van der Waals surface area contributed by atoms with Gasteiger partial charge in [0.05, 0.1) is 5.41 Å². The molecule has 132 valence electrons. The van der Waals surface area contributed by atoms with Crippen molar-refractivity contribution < 1.29 is 18.3 Å². The van der Waals surface area contributed by atoms with Gasteiger partial charge in [-0.15, -0.1) is 0 Å². The highest BCUT2D eigenvalue weighted by Gasteiger charge is 2.43. The molecule has 1 aliphatic rings. The van der Waals surface area contributed by atoms with E-state index in [1.165, 1.54) is 6.07 Å². The molecule has 0 atom stereocenters. The lowest BCUT2D eigenvalue weighted by atomic mass is 9.73. The minimum Gasteiger partial charge on any atom is -0.381 e. The van der Waals surface area contributed by atoms with E-state index in [1.54, 1.807) is 18.2 Å². The number of rotatable bonds is 3. The first-order valence-corrected chi connectivity index (χ1v) is 8.48. The minimum atomic E-state index is -1.02. The van der Waals surface area contributed by atoms with E-state index in [-0.39, 0.29) is 11.6 Å². The molecule has 1 N–H and O–H groups in total. The number of amides is 1. The Balaban J connectivity index is 1.97. The average Bonchev–Trinajstić information content (AvgIpc) is 2.58. The molecule has 1 fully saturated rings. The fourth-order valence-electron chi connectivity index (χ4n) is 3.04. The summed E-state index contributed by atoms with van der Waals surface area (Å²) in [6.45, 7) is 0.786. The molecule has 0 unspecified atom stereocenters. The van der Waals surface area contributed by atoms with Gasteiger partial charge in [-0.25, -0.2) is 8.78 Å². The van der Waals surface area contributed by atoms with E-state index in [4.69, 9.17) is 27.9 Å². The summed E-state index contributed by atoms with van der Waals surface area (Å²) in [6, 6.07) is 8.21. The van der Waals surface area contributed by atoms with Crippen LogP contribution in [0.2, 0.25) is 10.0 Å². The summed E-state index contributed by atoms with van der Waals surface area (Å²) < 4.78 is 31.9. The maximum absolute atomic E-state index is 13.4. The van der Waals surface area contributed by atoms with Gasteiger partial charge < -0.3 is 10.1 Å². The van der Waals surface area contributed by atoms with Gasteiger partial charge >= 0.3 is 0 Å². The van der Waals surface area contributed by atoms with E-state index < -0.39 is 17.0 Å². The second kappa shape index (κ2) is 7.28. The maximum atomic E-state index is 13.4. The van der Waals surface area contributed by atoms with Gasteiger partial charge in [0.1, 0.15) is 0 Å². The summed E-state index contributed by atoms with van der Waals surface area (Å²) >= 11 is 12.3. The Labute approximate surface area is 153 Å². The standard InChI is InChI=1S/C18H15Cl2F2NO2/c19-11-1-3-13(14(20)9-11)18(5-7-25-8-6-18)17(24)23-12-2-4-15(21)16(22)10-12/h1-4,9-10H,5-8H2,(H,23,24). The number of ether oxygens (including phenoxy) is 1. The molecule has 1 amide bonds. The first-order chi connectivity index (χ1) is 11.9. The van der Waals surface area contributed by atoms with Crippen LogP contribution in [0.5, 0.6) is 0 Å². The third-order valence-electron chi connectivity index (χ3n) is 4.41. The van der Waals surface area contributed by atoms with Crippen LogP contribution in [0.1, 0.15) is 18.4 Å². The molecular formula is C18H15Cl2F2NO2. The Morgan fingerprint density at radius 1 is 1.04 bits per heavy atom. The van der Waals surface area contributed by atoms with Crippen LogP contribution in [0, 0.1) is 11.6 Å². The monoisotopic (exact) mass is 385 g/mol. The molecule has 1 heterocycles. The van der Waals surface area contributed by atoms with Crippen molar-refractivity contribution in [1.82, 2.24) is 0 Å². The summed E-state index contributed by atoms with van der Waals surface area (Å²) in [4.78, 5) is 13.0. The molecule has 0 saturated carbocycles. The maximum Gasteiger partial charge on any atom is 0.235 e. The Hall–Kier alpha value is -1.69. The highest BCUT2D eigenvalue weighted by Crippen LogP contribution is 2.40. The lowest BCUT2D eigenvalue weighted by Gasteiger charge is -2.36. The van der Waals surface area contributed by atoms with E-state index in [1.807, 2.05) is 0 Å². The highest BCUT2D eigenvalue weighted by molar-refractivity contribution is 6.35. The second-order valence-corrected chi connectivity index (χ2v) is 6.75. The molecule has 25 heavy (non-hydrogen) atoms. The normalized spacial score (nSPS) is 16.5. The van der Waals surface area contributed by atoms with Crippen molar-refractivity contribution in [2.24, 2.45) is 0 Å². The molecule has 1 saturated heterocycles. The van der Waals surface area contributed by atoms with Crippen molar-refractivity contribution in [3.63, 3.8) is 0 Å². The number of halogens is 4. The molecule has 0 aromatic heterocycles. The van der Waals surface area contributed by atoms with Crippen LogP contribution in [-0.4, -0.2) is 19.1 Å². The largest absolute Gasteiger partial charge is 0.381 e. The van der Waals surface area contributed by atoms with E-state index in [2.05, 4.69) is 5.32 Å². The first-order valence-electron chi connectivity index (χ1n) is 7.72. The molecule has 2 aromatic rings. The van der Waals surface area contributed by atoms with Gasteiger partial charge in [-0.05, 0) is 42.7 Å². The molecule has 3 nitrogen and oxygen atoms in total. The van der Waals surface area contributed by atoms with E-state index in [0.717, 1.165) is 12.1 Å². The third-order valence-corrected chi connectivity index (χ3v) is 4.95. The smallest absolute Gasteiger partial charge is 0.235 e. The van der Waals surface area contributed by atoms with E-state index in [9.17, 15) is 13.6 Å². The number of carbonyl (C=O) groups is 1. The number of hydrogen-bond acceptors (Lipinski definition) is 2. The molecule has 0 radical (unpaired) electrons. The third kappa shape index (κ3) is 3.64. The minimum absolute atomic E-state index is 0.180. The lowest BCUT2D eigenvalue weighted by Crippen LogP contribution is -2.45. The van der Waals surface area contributed by atoms with Crippen LogP contribution in [0.4, 0.5) is 14.5 Å². The van der Waals surface area contributed by atoms with Crippen molar-refractivity contribution in [2.75, 3.05) is 18.5 Å². The predicted molar refractivity (Wildman–Crippen MR) is 93.2 cm³/mol. The van der Waals surface area contributed by atoms with Crippen molar-refractivity contribution in [1.29, 1.82) is 0 Å². The van der Waals surface area contributed by atoms with Crippen LogP contribution in [0.15, 0.2) is 36.4 Å². The van der Waals surface area contributed by atoms with Gasteiger partial charge in [0, 0.05) is 35.0 Å². The van der Waals surface area contributed by atoms with Gasteiger partial charge in [0.25, 0.3) is 0 Å². The number of anilines is 1. The van der Waals surface area contributed by atoms with Crippen LogP contribution < -0.4 is 5.32 Å². The second-order valence-electron chi connectivity index (χ2n) is 5.90. The summed E-state index contributed by atoms with van der Waals surface area (Å²) in [6.07, 6.45) is 0.841. The molecule has 0 spiro atoms. The van der Waals surface area contributed by atoms with Crippen LogP contribution in [0.3, 0.4) is 0 Å². The number of hydrogen-bond donors (Lipinski definition) is 1. The Morgan fingerprint density at radius 3 is 2.40 bits per heavy atom. The molecule has 7 heteroatoms. The highest BCUT2D eigenvalue weighted by atomic mass is 35.5. The molecule has 0 bridgehead atoms. The number of benzene rings is 2. The Bertz CT molecular complexity index is 808. The van der Waals surface area contributed by atoms with Crippen molar-refractivity contribution >= 4 is 34.8 Å². The summed E-state index contributed by atoms with van der Waals surface area (Å²) in [7, 11) is 0. The topological polar surface area (TPSA) is 38.3 Å². The summed E-state index contributed by atoms with van der Waals surface area (Å²) in [5.41, 5.74) is -0.105. The van der Waals surface area contributed by atoms with Gasteiger partial charge in [-0.3, -0.25) is 4.79 Å². The van der Waals surface area contributed by atoms with Gasteiger partial charge in [0.2, 0.25) is 5.91 Å². The summed E-state index contributed by atoms with van der Waals surface area (Å²) in [5, 5.41) is 3.52. The van der Waals surface area contributed by atoms with Gasteiger partial charge in [0.15, 0.2) is 11.6 Å². The van der Waals surface area contributed by atoms with Gasteiger partial charge in [-0.2, -0.15) is 0 Å². The predicted octanol–water partition coefficient (Wildman–Crippen LogP) is 4.96. The van der Waals surface area contributed by atoms with Crippen molar-refractivity contribution in [2.45, 2.75) is 18.3 Å². The van der Waals surface area contributed by atoms with Gasteiger partial charge in [-0.1, -0.05) is 29.3 Å². The number of nitrogens with one attached hydrogen (secondary N) is 1. The lowest BCUT2D eigenvalue weighted by molar-refractivity contribution is -0.125. The zero-order chi connectivity index (χ0) is 18.0. The average molecular weight is 386 g/mol. The van der Waals surface area contributed by atoms with Crippen LogP contribution >= 0.6 is 23.2 Å². The molecular weight excluding hydrogens is 371 g/mol. The zero-order valence-electron chi connectivity index (χ0n) is 13.1. The molecule has 2 aromatic carbocycles. The fourth-order valence-corrected chi connectivity index (χ4v) is 3.63. The SMILES string of the molecule is O=C(Nc1ccc(F)c(F)c1)C1(c2ccc(Cl)cc2Cl)CCOCC1. The summed E-state index contributed by atoms with van der Waals surface area (Å²) in [5.74, 6) is -2.34. The van der Waals surface area contributed by atoms with Crippen molar-refractivity contribution in [3.05, 3.63) is 63.6 Å². The molecule has 3 rings (SSSR count). The fraction of sp³-hybridized carbons (Fsp3) is 0.278. The van der Waals surface area contributed by atoms with E-state index >= 15 is 0 Å². The zero-order valence-corrected chi connectivity index (χ0v) is 14.6. The first kappa shape index (κ1) is 18.1. The Kier molecular flexibility index (Phi) is 5.27. The van der Waals surface area contributed by atoms with Crippen LogP contribution in [-0.2, 0) is 14.9 Å². The van der Waals surface area contributed by atoms with E-state index in [0.29, 0.717) is 41.7 Å². The van der Waals surface area contributed by atoms with Crippen molar-refractivity contribution in [3.8, 4) is 0 Å².